The first-order valence-electron chi connectivity index (χ1n) is 7.53. The predicted molar refractivity (Wildman–Crippen MR) is 89.1 cm³/mol. The van der Waals surface area contributed by atoms with Gasteiger partial charge in [-0.2, -0.15) is 0 Å². The van der Waals surface area contributed by atoms with E-state index in [1.165, 1.54) is 0 Å². The van der Waals surface area contributed by atoms with Crippen molar-refractivity contribution in [3.63, 3.8) is 0 Å². The topological polar surface area (TPSA) is 79.4 Å². The van der Waals surface area contributed by atoms with Crippen LogP contribution in [-0.2, 0) is 11.3 Å². The largest absolute Gasteiger partial charge is 0.490 e. The second kappa shape index (κ2) is 7.38. The quantitative estimate of drug-likeness (QED) is 0.836. The number of rotatable bonds is 6. The molecule has 0 atom stereocenters. The minimum Gasteiger partial charge on any atom is -0.490 e. The van der Waals surface area contributed by atoms with Crippen LogP contribution in [0, 0.1) is 0 Å². The molecule has 122 valence electrons. The van der Waals surface area contributed by atoms with E-state index >= 15 is 0 Å². The molecule has 3 rings (SSSR count). The molecule has 0 saturated carbocycles. The monoisotopic (exact) mass is 333 g/mol. The molecule has 1 aliphatic rings. The average Bonchev–Trinajstić information content (AvgIpc) is 2.97. The van der Waals surface area contributed by atoms with Crippen molar-refractivity contribution in [1.29, 1.82) is 0 Å². The van der Waals surface area contributed by atoms with Crippen molar-refractivity contribution < 1.29 is 9.53 Å². The summed E-state index contributed by atoms with van der Waals surface area (Å²) in [5.41, 5.74) is 0. The van der Waals surface area contributed by atoms with Crippen LogP contribution in [0.4, 0.5) is 10.9 Å². The Morgan fingerprint density at radius 1 is 1.48 bits per heavy atom. The Balaban J connectivity index is 1.64. The molecule has 1 saturated heterocycles. The Morgan fingerprint density at radius 2 is 2.39 bits per heavy atom. The molecule has 0 aliphatic carbocycles. The second-order valence-electron chi connectivity index (χ2n) is 5.10. The fourth-order valence-electron chi connectivity index (χ4n) is 2.34. The molecule has 2 N–H and O–H groups in total. The summed E-state index contributed by atoms with van der Waals surface area (Å²) in [6.45, 7) is 5.26. The maximum absolute atomic E-state index is 11.4. The fraction of sp³-hybridized carbons (Fsp3) is 0.400. The van der Waals surface area contributed by atoms with Crippen LogP contribution >= 0.6 is 11.3 Å². The van der Waals surface area contributed by atoms with Crippen LogP contribution in [-0.4, -0.2) is 47.0 Å². The molecule has 3 heterocycles. The number of aromatic nitrogens is 2. The molecule has 23 heavy (non-hydrogen) atoms. The summed E-state index contributed by atoms with van der Waals surface area (Å²) >= 11 is 1.56. The number of amides is 1. The van der Waals surface area contributed by atoms with Crippen LogP contribution in [0.2, 0.25) is 0 Å². The molecular formula is C15H19N5O2S. The van der Waals surface area contributed by atoms with Crippen molar-refractivity contribution in [3.05, 3.63) is 29.4 Å². The van der Waals surface area contributed by atoms with Crippen molar-refractivity contribution in [3.8, 4) is 5.75 Å². The summed E-state index contributed by atoms with van der Waals surface area (Å²) in [6, 6.07) is 3.71. The van der Waals surface area contributed by atoms with Gasteiger partial charge in [0.05, 0.1) is 13.2 Å². The van der Waals surface area contributed by atoms with E-state index in [1.54, 1.807) is 17.5 Å². The minimum absolute atomic E-state index is 0.0777. The number of hydrogen-bond donors (Lipinski definition) is 2. The lowest BCUT2D eigenvalue weighted by atomic mass is 10.3. The molecule has 0 unspecified atom stereocenters. The maximum Gasteiger partial charge on any atom is 0.234 e. The van der Waals surface area contributed by atoms with Gasteiger partial charge in [-0.05, 0) is 19.1 Å². The van der Waals surface area contributed by atoms with Gasteiger partial charge in [0, 0.05) is 36.9 Å². The van der Waals surface area contributed by atoms with Crippen LogP contribution in [0.5, 0.6) is 5.75 Å². The zero-order chi connectivity index (χ0) is 16.1. The molecule has 0 spiro atoms. The number of anilines is 2. The summed E-state index contributed by atoms with van der Waals surface area (Å²) in [7, 11) is 0. The standard InChI is InChI=1S/C15H19N5O2S/c1-2-22-12-4-3-5-17-14(12)19-15-18-8-11(23-15)9-20-7-6-16-13(21)10-20/h3-5,8H,2,6-7,9-10H2,1H3,(H,16,21)(H,17,18,19). The van der Waals surface area contributed by atoms with Crippen LogP contribution in [0.3, 0.4) is 0 Å². The van der Waals surface area contributed by atoms with Crippen molar-refractivity contribution in [2.45, 2.75) is 13.5 Å². The summed E-state index contributed by atoms with van der Waals surface area (Å²) < 4.78 is 5.55. The van der Waals surface area contributed by atoms with E-state index in [0.717, 1.165) is 23.1 Å². The maximum atomic E-state index is 11.4. The van der Waals surface area contributed by atoms with E-state index in [4.69, 9.17) is 4.74 Å². The number of hydrogen-bond acceptors (Lipinski definition) is 7. The smallest absolute Gasteiger partial charge is 0.234 e. The Hall–Kier alpha value is -2.19. The van der Waals surface area contributed by atoms with Crippen LogP contribution in [0.25, 0.3) is 0 Å². The van der Waals surface area contributed by atoms with Crippen molar-refractivity contribution in [1.82, 2.24) is 20.2 Å². The molecular weight excluding hydrogens is 314 g/mol. The summed E-state index contributed by atoms with van der Waals surface area (Å²) in [5.74, 6) is 1.45. The second-order valence-corrected chi connectivity index (χ2v) is 6.22. The van der Waals surface area contributed by atoms with Gasteiger partial charge >= 0.3 is 0 Å². The minimum atomic E-state index is 0.0777. The van der Waals surface area contributed by atoms with Crippen molar-refractivity contribution in [2.75, 3.05) is 31.6 Å². The van der Waals surface area contributed by atoms with E-state index in [1.807, 2.05) is 25.3 Å². The van der Waals surface area contributed by atoms with Crippen LogP contribution in [0.15, 0.2) is 24.5 Å². The van der Waals surface area contributed by atoms with Gasteiger partial charge in [0.25, 0.3) is 0 Å². The van der Waals surface area contributed by atoms with Gasteiger partial charge in [-0.25, -0.2) is 9.97 Å². The molecule has 0 aromatic carbocycles. The van der Waals surface area contributed by atoms with Crippen molar-refractivity contribution >= 4 is 28.2 Å². The number of ether oxygens (including phenoxy) is 1. The first kappa shape index (κ1) is 15.7. The number of carbonyl (C=O) groups is 1. The van der Waals surface area contributed by atoms with E-state index in [-0.39, 0.29) is 5.91 Å². The average molecular weight is 333 g/mol. The Kier molecular flexibility index (Phi) is 5.04. The number of nitrogens with zero attached hydrogens (tertiary/aromatic N) is 3. The summed E-state index contributed by atoms with van der Waals surface area (Å²) in [5, 5.41) is 6.79. The molecule has 1 fully saturated rings. The van der Waals surface area contributed by atoms with Gasteiger partial charge in [0.1, 0.15) is 0 Å². The van der Waals surface area contributed by atoms with Gasteiger partial charge in [-0.1, -0.05) is 0 Å². The number of piperazine rings is 1. The number of pyridine rings is 1. The highest BCUT2D eigenvalue weighted by Gasteiger charge is 2.17. The molecule has 0 bridgehead atoms. The highest BCUT2D eigenvalue weighted by molar-refractivity contribution is 7.15. The van der Waals surface area contributed by atoms with Gasteiger partial charge in [0.15, 0.2) is 16.7 Å². The normalized spacial score (nSPS) is 15.3. The Labute approximate surface area is 138 Å². The molecule has 1 aliphatic heterocycles. The lowest BCUT2D eigenvalue weighted by molar-refractivity contribution is -0.124. The number of carbonyl (C=O) groups excluding carboxylic acids is 1. The van der Waals surface area contributed by atoms with Gasteiger partial charge < -0.3 is 15.4 Å². The predicted octanol–water partition coefficient (Wildman–Crippen LogP) is 1.61. The van der Waals surface area contributed by atoms with Gasteiger partial charge in [0.2, 0.25) is 5.91 Å². The first-order chi connectivity index (χ1) is 11.2. The highest BCUT2D eigenvalue weighted by atomic mass is 32.1. The lowest BCUT2D eigenvalue weighted by Gasteiger charge is -2.25. The molecule has 8 heteroatoms. The number of thiazole rings is 1. The lowest BCUT2D eigenvalue weighted by Crippen LogP contribution is -2.46. The molecule has 2 aromatic rings. The highest BCUT2D eigenvalue weighted by Crippen LogP contribution is 2.28. The molecule has 2 aromatic heterocycles. The van der Waals surface area contributed by atoms with Crippen molar-refractivity contribution in [2.24, 2.45) is 0 Å². The van der Waals surface area contributed by atoms with Gasteiger partial charge in [-0.3, -0.25) is 9.69 Å². The third kappa shape index (κ3) is 4.17. The molecule has 7 nitrogen and oxygen atoms in total. The summed E-state index contributed by atoms with van der Waals surface area (Å²) in [4.78, 5) is 23.3. The molecule has 0 radical (unpaired) electrons. The van der Waals surface area contributed by atoms with Crippen LogP contribution < -0.4 is 15.4 Å². The Bertz CT molecular complexity index is 675. The fourth-order valence-corrected chi connectivity index (χ4v) is 3.20. The SMILES string of the molecule is CCOc1cccnc1Nc1ncc(CN2CCNC(=O)C2)s1. The summed E-state index contributed by atoms with van der Waals surface area (Å²) in [6.07, 6.45) is 3.55. The van der Waals surface area contributed by atoms with Gasteiger partial charge in [-0.15, -0.1) is 11.3 Å². The van der Waals surface area contributed by atoms with E-state index in [0.29, 0.717) is 31.3 Å². The third-order valence-corrected chi connectivity index (χ3v) is 4.24. The molecule has 1 amide bonds. The Morgan fingerprint density at radius 3 is 3.22 bits per heavy atom. The first-order valence-corrected chi connectivity index (χ1v) is 8.35. The van der Waals surface area contributed by atoms with E-state index in [9.17, 15) is 4.79 Å². The van der Waals surface area contributed by atoms with E-state index < -0.39 is 0 Å². The zero-order valence-electron chi connectivity index (χ0n) is 12.9. The third-order valence-electron chi connectivity index (χ3n) is 3.35. The van der Waals surface area contributed by atoms with E-state index in [2.05, 4.69) is 25.5 Å². The van der Waals surface area contributed by atoms with Crippen LogP contribution in [0.1, 0.15) is 11.8 Å². The zero-order valence-corrected chi connectivity index (χ0v) is 13.7. The number of nitrogens with one attached hydrogen (secondary N) is 2.